The summed E-state index contributed by atoms with van der Waals surface area (Å²) in [5.74, 6) is 0.180. The van der Waals surface area contributed by atoms with Gasteiger partial charge in [0.05, 0.1) is 11.4 Å². The lowest BCUT2D eigenvalue weighted by molar-refractivity contribution is -0.117. The molecule has 0 amide bonds. The van der Waals surface area contributed by atoms with Gasteiger partial charge in [-0.25, -0.2) is 4.98 Å². The van der Waals surface area contributed by atoms with Crippen molar-refractivity contribution in [2.45, 2.75) is 12.8 Å². The summed E-state index contributed by atoms with van der Waals surface area (Å²) in [4.78, 5) is 15.8. The normalized spacial score (nSPS) is 10.2. The third-order valence-corrected chi connectivity index (χ3v) is 2.99. The van der Waals surface area contributed by atoms with Gasteiger partial charge >= 0.3 is 0 Å². The summed E-state index contributed by atoms with van der Waals surface area (Å²) in [6.45, 7) is 0. The minimum absolute atomic E-state index is 0.180. The van der Waals surface area contributed by atoms with E-state index in [1.807, 2.05) is 29.6 Å². The van der Waals surface area contributed by atoms with Crippen LogP contribution in [0, 0.1) is 0 Å². The van der Waals surface area contributed by atoms with Crippen LogP contribution < -0.4 is 5.73 Å². The highest BCUT2D eigenvalue weighted by Gasteiger charge is 2.06. The van der Waals surface area contributed by atoms with E-state index in [4.69, 9.17) is 5.73 Å². The third kappa shape index (κ3) is 2.90. The van der Waals surface area contributed by atoms with E-state index in [2.05, 4.69) is 4.98 Å². The average Bonchev–Trinajstić information content (AvgIpc) is 2.74. The Labute approximate surface area is 97.9 Å². The first kappa shape index (κ1) is 10.8. The van der Waals surface area contributed by atoms with Gasteiger partial charge in [-0.3, -0.25) is 4.79 Å². The van der Waals surface area contributed by atoms with Crippen LogP contribution in [0.15, 0.2) is 35.8 Å². The number of anilines is 1. The van der Waals surface area contributed by atoms with Crippen molar-refractivity contribution < 1.29 is 4.79 Å². The molecule has 0 radical (unpaired) electrons. The van der Waals surface area contributed by atoms with E-state index in [-0.39, 0.29) is 5.78 Å². The number of nitrogens with two attached hydrogens (primary N) is 1. The molecule has 0 atom stereocenters. The van der Waals surface area contributed by atoms with Crippen molar-refractivity contribution in [2.24, 2.45) is 0 Å². The molecule has 0 fully saturated rings. The van der Waals surface area contributed by atoms with Crippen molar-refractivity contribution >= 4 is 22.8 Å². The summed E-state index contributed by atoms with van der Waals surface area (Å²) in [7, 11) is 0. The van der Waals surface area contributed by atoms with E-state index < -0.39 is 0 Å². The molecule has 0 aliphatic rings. The van der Waals surface area contributed by atoms with Crippen LogP contribution >= 0.6 is 11.3 Å². The molecule has 0 saturated heterocycles. The van der Waals surface area contributed by atoms with Crippen molar-refractivity contribution in [1.29, 1.82) is 0 Å². The molecule has 1 heterocycles. The van der Waals surface area contributed by atoms with Gasteiger partial charge in [0, 0.05) is 23.7 Å². The third-order valence-electron chi connectivity index (χ3n) is 2.21. The fourth-order valence-corrected chi connectivity index (χ4v) is 2.08. The fourth-order valence-electron chi connectivity index (χ4n) is 1.43. The second-order valence-electron chi connectivity index (χ2n) is 3.56. The summed E-state index contributed by atoms with van der Waals surface area (Å²) in [6, 6.07) is 7.39. The SMILES string of the molecule is Nc1ccc(CC(=O)Cc2nccs2)cc1. The largest absolute Gasteiger partial charge is 0.399 e. The van der Waals surface area contributed by atoms with E-state index in [1.54, 1.807) is 6.20 Å². The second-order valence-corrected chi connectivity index (χ2v) is 4.54. The van der Waals surface area contributed by atoms with Gasteiger partial charge in [0.1, 0.15) is 5.78 Å². The molecule has 82 valence electrons. The van der Waals surface area contributed by atoms with E-state index in [1.165, 1.54) is 11.3 Å². The van der Waals surface area contributed by atoms with Crippen LogP contribution in [-0.4, -0.2) is 10.8 Å². The first-order chi connectivity index (χ1) is 7.74. The van der Waals surface area contributed by atoms with Crippen molar-refractivity contribution in [2.75, 3.05) is 5.73 Å². The number of aromatic nitrogens is 1. The van der Waals surface area contributed by atoms with Crippen LogP contribution in [0.3, 0.4) is 0 Å². The molecule has 2 rings (SSSR count). The molecule has 1 aromatic heterocycles. The number of carbonyl (C=O) groups is 1. The number of hydrogen-bond acceptors (Lipinski definition) is 4. The Morgan fingerprint density at radius 2 is 2.00 bits per heavy atom. The summed E-state index contributed by atoms with van der Waals surface area (Å²) in [5, 5.41) is 2.76. The van der Waals surface area contributed by atoms with Crippen molar-refractivity contribution in [1.82, 2.24) is 4.98 Å². The highest BCUT2D eigenvalue weighted by molar-refractivity contribution is 7.09. The number of thiazole rings is 1. The molecule has 1 aromatic carbocycles. The Morgan fingerprint density at radius 3 is 2.62 bits per heavy atom. The zero-order valence-electron chi connectivity index (χ0n) is 8.72. The van der Waals surface area contributed by atoms with Crippen LogP contribution in [0.25, 0.3) is 0 Å². The number of benzene rings is 1. The number of ketones is 1. The monoisotopic (exact) mass is 232 g/mol. The molecule has 0 saturated carbocycles. The Kier molecular flexibility index (Phi) is 3.31. The van der Waals surface area contributed by atoms with Crippen molar-refractivity contribution in [3.63, 3.8) is 0 Å². The van der Waals surface area contributed by atoms with Crippen LogP contribution in [0.5, 0.6) is 0 Å². The highest BCUT2D eigenvalue weighted by Crippen LogP contribution is 2.10. The first-order valence-electron chi connectivity index (χ1n) is 4.98. The lowest BCUT2D eigenvalue weighted by Gasteiger charge is -2.00. The van der Waals surface area contributed by atoms with Crippen LogP contribution in [0.4, 0.5) is 5.69 Å². The van der Waals surface area contributed by atoms with Gasteiger partial charge in [-0.05, 0) is 17.7 Å². The Balaban J connectivity index is 1.95. The molecule has 3 nitrogen and oxygen atoms in total. The van der Waals surface area contributed by atoms with Crippen LogP contribution in [0.1, 0.15) is 10.6 Å². The maximum atomic E-state index is 11.7. The summed E-state index contributed by atoms with van der Waals surface area (Å²) in [5.41, 5.74) is 7.29. The Hall–Kier alpha value is -1.68. The zero-order valence-corrected chi connectivity index (χ0v) is 9.54. The molecule has 2 aromatic rings. The smallest absolute Gasteiger partial charge is 0.144 e. The molecule has 0 bridgehead atoms. The molecule has 0 spiro atoms. The molecule has 0 unspecified atom stereocenters. The molecule has 2 N–H and O–H groups in total. The van der Waals surface area contributed by atoms with Crippen molar-refractivity contribution in [3.05, 3.63) is 46.4 Å². The van der Waals surface area contributed by atoms with Gasteiger partial charge < -0.3 is 5.73 Å². The number of nitrogens with zero attached hydrogens (tertiary/aromatic N) is 1. The number of hydrogen-bond donors (Lipinski definition) is 1. The zero-order chi connectivity index (χ0) is 11.4. The fraction of sp³-hybridized carbons (Fsp3) is 0.167. The lowest BCUT2D eigenvalue weighted by atomic mass is 10.1. The molecule has 16 heavy (non-hydrogen) atoms. The number of nitrogen functional groups attached to an aromatic ring is 1. The average molecular weight is 232 g/mol. The van der Waals surface area contributed by atoms with E-state index in [0.29, 0.717) is 12.8 Å². The van der Waals surface area contributed by atoms with Crippen LogP contribution in [0.2, 0.25) is 0 Å². The predicted octanol–water partition coefficient (Wildman–Crippen LogP) is 2.08. The quantitative estimate of drug-likeness (QED) is 0.821. The summed E-state index contributed by atoms with van der Waals surface area (Å²) in [6.07, 6.45) is 2.58. The van der Waals surface area contributed by atoms with Crippen LogP contribution in [-0.2, 0) is 17.6 Å². The van der Waals surface area contributed by atoms with Gasteiger partial charge in [0.15, 0.2) is 0 Å². The van der Waals surface area contributed by atoms with Gasteiger partial charge in [-0.2, -0.15) is 0 Å². The van der Waals surface area contributed by atoms with E-state index in [0.717, 1.165) is 16.3 Å². The predicted molar refractivity (Wildman–Crippen MR) is 65.4 cm³/mol. The summed E-state index contributed by atoms with van der Waals surface area (Å²) >= 11 is 1.51. The molecular weight excluding hydrogens is 220 g/mol. The minimum atomic E-state index is 0.180. The lowest BCUT2D eigenvalue weighted by Crippen LogP contribution is -2.06. The van der Waals surface area contributed by atoms with Gasteiger partial charge in [0.2, 0.25) is 0 Å². The number of rotatable bonds is 4. The highest BCUT2D eigenvalue weighted by atomic mass is 32.1. The van der Waals surface area contributed by atoms with Gasteiger partial charge in [-0.15, -0.1) is 11.3 Å². The molecule has 0 aliphatic carbocycles. The second kappa shape index (κ2) is 4.90. The molecule has 4 heteroatoms. The topological polar surface area (TPSA) is 56.0 Å². The van der Waals surface area contributed by atoms with E-state index in [9.17, 15) is 4.79 Å². The Bertz CT molecular complexity index is 462. The maximum absolute atomic E-state index is 11.7. The number of Topliss-reactive ketones (excluding diaryl/α,β-unsaturated/α-hetero) is 1. The summed E-state index contributed by atoms with van der Waals surface area (Å²) < 4.78 is 0. The Morgan fingerprint density at radius 1 is 1.25 bits per heavy atom. The first-order valence-corrected chi connectivity index (χ1v) is 5.86. The number of carbonyl (C=O) groups excluding carboxylic acids is 1. The molecular formula is C12H12N2OS. The molecule has 0 aliphatic heterocycles. The standard InChI is InChI=1S/C12H12N2OS/c13-10-3-1-9(2-4-10)7-11(15)8-12-14-5-6-16-12/h1-6H,7-8,13H2. The minimum Gasteiger partial charge on any atom is -0.399 e. The van der Waals surface area contributed by atoms with Gasteiger partial charge in [-0.1, -0.05) is 12.1 Å². The van der Waals surface area contributed by atoms with E-state index >= 15 is 0 Å². The van der Waals surface area contributed by atoms with Crippen molar-refractivity contribution in [3.8, 4) is 0 Å². The maximum Gasteiger partial charge on any atom is 0.144 e. The van der Waals surface area contributed by atoms with Gasteiger partial charge in [0.25, 0.3) is 0 Å².